The Balaban J connectivity index is 0.000000309. The van der Waals surface area contributed by atoms with Crippen LogP contribution in [0, 0.1) is 11.4 Å². The highest BCUT2D eigenvalue weighted by Gasteiger charge is 2.32. The molecule has 10 nitrogen and oxygen atoms in total. The molecule has 146 valence electrons. The number of nitrogens with zero attached hydrogens (tertiary/aromatic N) is 3. The number of rotatable bonds is 4. The first-order valence-corrected chi connectivity index (χ1v) is 8.23. The minimum atomic E-state index is -1.28. The van der Waals surface area contributed by atoms with Gasteiger partial charge in [0.2, 0.25) is 4.91 Å². The summed E-state index contributed by atoms with van der Waals surface area (Å²) in [5.74, 6) is -0.271. The van der Waals surface area contributed by atoms with Crippen molar-refractivity contribution in [3.63, 3.8) is 0 Å². The van der Waals surface area contributed by atoms with E-state index in [1.165, 1.54) is 13.8 Å². The normalized spacial score (nSPS) is 18.2. The van der Waals surface area contributed by atoms with Gasteiger partial charge in [0.05, 0.1) is 6.54 Å². The molecule has 0 aliphatic carbocycles. The molecular weight excluding hydrogens is 356 g/mol. The number of hydrogen-bond acceptors (Lipinski definition) is 8. The van der Waals surface area contributed by atoms with Crippen LogP contribution in [0.2, 0.25) is 0 Å². The molecule has 2 atom stereocenters. The number of hydrogen-bond donors (Lipinski definition) is 1. The maximum absolute atomic E-state index is 10.9. The summed E-state index contributed by atoms with van der Waals surface area (Å²) >= 11 is 0. The van der Waals surface area contributed by atoms with E-state index in [0.29, 0.717) is 18.7 Å². The number of nitrogens with one attached hydrogen (secondary N) is 1. The summed E-state index contributed by atoms with van der Waals surface area (Å²) in [5.41, 5.74) is 6.57. The number of carboxylic acid groups (broad SMARTS) is 1. The molecule has 1 fully saturated rings. The van der Waals surface area contributed by atoms with Crippen molar-refractivity contribution in [1.29, 1.82) is 5.53 Å². The first-order chi connectivity index (χ1) is 12.8. The van der Waals surface area contributed by atoms with Crippen LogP contribution in [-0.2, 0) is 14.3 Å². The summed E-state index contributed by atoms with van der Waals surface area (Å²) in [5, 5.41) is 14.3. The number of para-hydroxylation sites is 1. The standard InChI is InChI=1S/C9H14N4O4.C8H8O2/c1-6(14)17-8-5-13(9(15)16)3-2-7(8)4-11-12-10;1-7(9)10-8-5-3-2-4-6-8/h7-8,10H,2-5H2,1H3;2-6H,1H3. The zero-order valence-corrected chi connectivity index (χ0v) is 15.2. The van der Waals surface area contributed by atoms with E-state index in [-0.39, 0.29) is 25.0 Å². The lowest BCUT2D eigenvalue weighted by Gasteiger charge is -2.37. The first kappa shape index (κ1) is 21.8. The molecule has 1 aliphatic heterocycles. The number of benzene rings is 1. The van der Waals surface area contributed by atoms with E-state index in [4.69, 9.17) is 15.0 Å². The van der Waals surface area contributed by atoms with Gasteiger partial charge in [0, 0.05) is 26.3 Å². The third-order valence-electron chi connectivity index (χ3n) is 3.66. The van der Waals surface area contributed by atoms with E-state index in [9.17, 15) is 19.5 Å². The number of esters is 2. The molecule has 0 spiro atoms. The van der Waals surface area contributed by atoms with E-state index >= 15 is 0 Å². The first-order valence-electron chi connectivity index (χ1n) is 8.23. The molecule has 1 heterocycles. The van der Waals surface area contributed by atoms with Crippen molar-refractivity contribution in [2.45, 2.75) is 26.4 Å². The summed E-state index contributed by atoms with van der Waals surface area (Å²) in [6.07, 6.45) is -1.32. The number of piperidine rings is 1. The highest BCUT2D eigenvalue weighted by molar-refractivity contribution is 5.69. The molecule has 1 amide bonds. The van der Waals surface area contributed by atoms with Crippen molar-refractivity contribution in [2.24, 2.45) is 11.0 Å². The van der Waals surface area contributed by atoms with Crippen molar-refractivity contribution < 1.29 is 29.0 Å². The fourth-order valence-electron chi connectivity index (χ4n) is 2.49. The van der Waals surface area contributed by atoms with Crippen molar-refractivity contribution >= 4 is 18.0 Å². The van der Waals surface area contributed by atoms with Crippen LogP contribution in [0.25, 0.3) is 0 Å². The number of carbonyl (C=O) groups excluding carboxylic acids is 3. The van der Waals surface area contributed by atoms with E-state index in [0.717, 1.165) is 4.90 Å². The SMILES string of the molecule is CC(=O)OC1CN(C(=O)[O-])CCC1CN=[N+]=N.CC(=O)Oc1ccccc1. The second-order valence-corrected chi connectivity index (χ2v) is 5.74. The van der Waals surface area contributed by atoms with E-state index in [1.54, 1.807) is 12.1 Å². The van der Waals surface area contributed by atoms with Crippen LogP contribution >= 0.6 is 0 Å². The maximum Gasteiger partial charge on any atom is 0.308 e. The molecule has 27 heavy (non-hydrogen) atoms. The number of ether oxygens (including phenoxy) is 2. The fraction of sp³-hybridized carbons (Fsp3) is 0.471. The fourth-order valence-corrected chi connectivity index (χ4v) is 2.49. The van der Waals surface area contributed by atoms with Gasteiger partial charge in [-0.1, -0.05) is 18.2 Å². The van der Waals surface area contributed by atoms with Gasteiger partial charge in [0.1, 0.15) is 35.1 Å². The largest absolute Gasteiger partial charge is 0.530 e. The topological polar surface area (TPSA) is 146 Å². The van der Waals surface area contributed by atoms with Crippen LogP contribution in [0.15, 0.2) is 35.4 Å². The Labute approximate surface area is 156 Å². The molecule has 2 unspecified atom stereocenters. The van der Waals surface area contributed by atoms with E-state index < -0.39 is 18.2 Å². The highest BCUT2D eigenvalue weighted by atomic mass is 16.5. The van der Waals surface area contributed by atoms with Crippen molar-refractivity contribution in [3.05, 3.63) is 30.3 Å². The highest BCUT2D eigenvalue weighted by Crippen LogP contribution is 2.21. The molecule has 0 aromatic heterocycles. The van der Waals surface area contributed by atoms with Gasteiger partial charge in [-0.3, -0.25) is 9.59 Å². The average Bonchev–Trinajstić information content (AvgIpc) is 2.61. The van der Waals surface area contributed by atoms with E-state index in [1.807, 2.05) is 18.2 Å². The Bertz CT molecular complexity index is 690. The van der Waals surface area contributed by atoms with Gasteiger partial charge in [0.25, 0.3) is 0 Å². The Morgan fingerprint density at radius 2 is 1.93 bits per heavy atom. The molecule has 0 bridgehead atoms. The lowest BCUT2D eigenvalue weighted by atomic mass is 9.94. The third-order valence-corrected chi connectivity index (χ3v) is 3.66. The Morgan fingerprint density at radius 1 is 1.26 bits per heavy atom. The molecule has 10 heteroatoms. The number of carbonyl (C=O) groups is 3. The zero-order chi connectivity index (χ0) is 20.2. The van der Waals surface area contributed by atoms with Crippen LogP contribution in [0.5, 0.6) is 5.75 Å². The predicted molar refractivity (Wildman–Crippen MR) is 90.5 cm³/mol. The molecule has 0 radical (unpaired) electrons. The average molecular weight is 378 g/mol. The molecule has 1 aliphatic rings. The third kappa shape index (κ3) is 8.59. The Kier molecular flexibility index (Phi) is 9.18. The lowest BCUT2D eigenvalue weighted by molar-refractivity contribution is -0.268. The quantitative estimate of drug-likeness (QED) is 0.354. The molecule has 1 N–H and O–H groups in total. The summed E-state index contributed by atoms with van der Waals surface area (Å²) in [6, 6.07) is 8.98. The molecule has 1 aromatic rings. The van der Waals surface area contributed by atoms with Crippen LogP contribution in [-0.4, -0.2) is 48.7 Å². The summed E-state index contributed by atoms with van der Waals surface area (Å²) < 4.78 is 9.82. The van der Waals surface area contributed by atoms with Crippen LogP contribution < -0.4 is 14.8 Å². The smallest absolute Gasteiger partial charge is 0.308 e. The Morgan fingerprint density at radius 3 is 2.44 bits per heavy atom. The van der Waals surface area contributed by atoms with Gasteiger partial charge in [-0.15, -0.1) is 0 Å². The molecule has 2 rings (SSSR count). The van der Waals surface area contributed by atoms with Crippen LogP contribution in [0.1, 0.15) is 20.3 Å². The van der Waals surface area contributed by atoms with Crippen molar-refractivity contribution in [3.8, 4) is 5.75 Å². The maximum atomic E-state index is 10.9. The van der Waals surface area contributed by atoms with Gasteiger partial charge in [-0.25, -0.2) is 0 Å². The predicted octanol–water partition coefficient (Wildman–Crippen LogP) is 0.746. The summed E-state index contributed by atoms with van der Waals surface area (Å²) in [7, 11) is 0. The van der Waals surface area contributed by atoms with E-state index in [2.05, 4.69) is 10.0 Å². The minimum Gasteiger partial charge on any atom is -0.530 e. The summed E-state index contributed by atoms with van der Waals surface area (Å²) in [6.45, 7) is 3.30. The zero-order valence-electron chi connectivity index (χ0n) is 15.2. The Hall–Kier alpha value is -3.26. The van der Waals surface area contributed by atoms with Crippen molar-refractivity contribution in [1.82, 2.24) is 9.81 Å². The summed E-state index contributed by atoms with van der Waals surface area (Å²) in [4.78, 5) is 36.0. The van der Waals surface area contributed by atoms with Crippen molar-refractivity contribution in [2.75, 3.05) is 19.6 Å². The van der Waals surface area contributed by atoms with Crippen LogP contribution in [0.3, 0.4) is 0 Å². The minimum absolute atomic E-state index is 0.0834. The second kappa shape index (κ2) is 11.4. The van der Waals surface area contributed by atoms with Crippen LogP contribution in [0.4, 0.5) is 4.79 Å². The number of amides is 1. The van der Waals surface area contributed by atoms with Gasteiger partial charge in [0.15, 0.2) is 0 Å². The van der Waals surface area contributed by atoms with Gasteiger partial charge >= 0.3 is 11.9 Å². The lowest BCUT2D eigenvalue weighted by Crippen LogP contribution is -2.52. The van der Waals surface area contributed by atoms with Gasteiger partial charge < -0.3 is 24.3 Å². The number of likely N-dealkylation sites (tertiary alicyclic amines) is 1. The molecule has 1 saturated heterocycles. The molecule has 0 saturated carbocycles. The second-order valence-electron chi connectivity index (χ2n) is 5.74. The molecular formula is C17H22N4O6. The molecule has 1 aromatic carbocycles. The van der Waals surface area contributed by atoms with Gasteiger partial charge in [-0.2, -0.15) is 0 Å². The monoisotopic (exact) mass is 378 g/mol. The van der Waals surface area contributed by atoms with Gasteiger partial charge in [-0.05, 0) is 18.6 Å².